The lowest BCUT2D eigenvalue weighted by atomic mass is 10.1. The number of amides is 1. The Balaban J connectivity index is 2.76. The summed E-state index contributed by atoms with van der Waals surface area (Å²) < 4.78 is 0. The number of hydrogen-bond acceptors (Lipinski definition) is 3. The molecule has 1 aromatic rings. The van der Waals surface area contributed by atoms with Crippen LogP contribution in [0.4, 0.5) is 11.4 Å². The number of rotatable bonds is 2. The molecule has 1 amide bonds. The SMILES string of the molecule is CC#CCNC(=O)c1cc(N)cc(N)c1. The fourth-order valence-corrected chi connectivity index (χ4v) is 1.12. The zero-order valence-corrected chi connectivity index (χ0v) is 8.50. The second-order valence-corrected chi connectivity index (χ2v) is 3.00. The quantitative estimate of drug-likeness (QED) is 0.486. The molecule has 0 saturated heterocycles. The molecule has 0 aliphatic rings. The molecule has 0 atom stereocenters. The van der Waals surface area contributed by atoms with E-state index in [0.717, 1.165) is 0 Å². The smallest absolute Gasteiger partial charge is 0.252 e. The summed E-state index contributed by atoms with van der Waals surface area (Å²) in [7, 11) is 0. The van der Waals surface area contributed by atoms with E-state index in [1.54, 1.807) is 25.1 Å². The van der Waals surface area contributed by atoms with Crippen LogP contribution in [0.5, 0.6) is 0 Å². The predicted molar refractivity (Wildman–Crippen MR) is 61.1 cm³/mol. The molecule has 0 spiro atoms. The second kappa shape index (κ2) is 4.91. The van der Waals surface area contributed by atoms with Crippen LogP contribution >= 0.6 is 0 Å². The van der Waals surface area contributed by atoms with Crippen molar-refractivity contribution < 1.29 is 4.79 Å². The molecule has 0 aromatic heterocycles. The van der Waals surface area contributed by atoms with Crippen LogP contribution in [0.1, 0.15) is 17.3 Å². The summed E-state index contributed by atoms with van der Waals surface area (Å²) >= 11 is 0. The molecule has 0 saturated carbocycles. The van der Waals surface area contributed by atoms with Crippen LogP contribution in [0.2, 0.25) is 0 Å². The molecule has 15 heavy (non-hydrogen) atoms. The molecular weight excluding hydrogens is 190 g/mol. The van der Waals surface area contributed by atoms with Crippen molar-refractivity contribution in [3.8, 4) is 11.8 Å². The molecule has 0 fully saturated rings. The van der Waals surface area contributed by atoms with Gasteiger partial charge < -0.3 is 16.8 Å². The number of carbonyl (C=O) groups excluding carboxylic acids is 1. The zero-order chi connectivity index (χ0) is 11.3. The first-order valence-corrected chi connectivity index (χ1v) is 4.47. The standard InChI is InChI=1S/C11H13N3O/c1-2-3-4-14-11(15)8-5-9(12)7-10(13)6-8/h5-7H,4,12-13H2,1H3,(H,14,15). The number of nitrogen functional groups attached to an aromatic ring is 2. The van der Waals surface area contributed by atoms with E-state index in [-0.39, 0.29) is 5.91 Å². The number of hydrogen-bond donors (Lipinski definition) is 3. The van der Waals surface area contributed by atoms with Crippen molar-refractivity contribution in [1.29, 1.82) is 0 Å². The third-order valence-electron chi connectivity index (χ3n) is 1.75. The van der Waals surface area contributed by atoms with Gasteiger partial charge in [0.25, 0.3) is 5.91 Å². The van der Waals surface area contributed by atoms with Crippen LogP contribution in [0.25, 0.3) is 0 Å². The van der Waals surface area contributed by atoms with E-state index in [2.05, 4.69) is 17.2 Å². The fraction of sp³-hybridized carbons (Fsp3) is 0.182. The van der Waals surface area contributed by atoms with Crippen molar-refractivity contribution in [3.63, 3.8) is 0 Å². The lowest BCUT2D eigenvalue weighted by molar-refractivity contribution is 0.0959. The maximum atomic E-state index is 11.5. The summed E-state index contributed by atoms with van der Waals surface area (Å²) in [5.74, 6) is 5.19. The lowest BCUT2D eigenvalue weighted by Crippen LogP contribution is -2.23. The highest BCUT2D eigenvalue weighted by Crippen LogP contribution is 2.13. The van der Waals surface area contributed by atoms with Gasteiger partial charge >= 0.3 is 0 Å². The van der Waals surface area contributed by atoms with Gasteiger partial charge in [-0.1, -0.05) is 5.92 Å². The first-order valence-electron chi connectivity index (χ1n) is 4.47. The summed E-state index contributed by atoms with van der Waals surface area (Å²) in [5.41, 5.74) is 12.5. The van der Waals surface area contributed by atoms with Gasteiger partial charge in [0.2, 0.25) is 0 Å². The van der Waals surface area contributed by atoms with E-state index in [0.29, 0.717) is 23.5 Å². The lowest BCUT2D eigenvalue weighted by Gasteiger charge is -2.04. The first-order chi connectivity index (χ1) is 7.13. The highest BCUT2D eigenvalue weighted by atomic mass is 16.1. The van der Waals surface area contributed by atoms with Gasteiger partial charge in [0, 0.05) is 16.9 Å². The average Bonchev–Trinajstić information content (AvgIpc) is 2.16. The third-order valence-corrected chi connectivity index (χ3v) is 1.75. The minimum absolute atomic E-state index is 0.225. The largest absolute Gasteiger partial charge is 0.399 e. The molecule has 0 radical (unpaired) electrons. The molecule has 0 bridgehead atoms. The fourth-order valence-electron chi connectivity index (χ4n) is 1.12. The highest BCUT2D eigenvalue weighted by Gasteiger charge is 2.05. The molecule has 5 N–H and O–H groups in total. The van der Waals surface area contributed by atoms with Crippen molar-refractivity contribution >= 4 is 17.3 Å². The Hall–Kier alpha value is -2.15. The summed E-state index contributed by atoms with van der Waals surface area (Å²) in [6, 6.07) is 4.75. The molecule has 0 unspecified atom stereocenters. The van der Waals surface area contributed by atoms with Crippen molar-refractivity contribution in [2.45, 2.75) is 6.92 Å². The zero-order valence-electron chi connectivity index (χ0n) is 8.50. The summed E-state index contributed by atoms with van der Waals surface area (Å²) in [5, 5.41) is 2.63. The molecule has 4 nitrogen and oxygen atoms in total. The molecule has 0 aliphatic carbocycles. The maximum Gasteiger partial charge on any atom is 0.252 e. The number of anilines is 2. The van der Waals surface area contributed by atoms with E-state index in [9.17, 15) is 4.79 Å². The number of nitrogens with two attached hydrogens (primary N) is 2. The number of benzene rings is 1. The van der Waals surface area contributed by atoms with Gasteiger partial charge in [0.15, 0.2) is 0 Å². The first kappa shape index (κ1) is 10.9. The molecule has 0 aliphatic heterocycles. The Kier molecular flexibility index (Phi) is 3.58. The molecular formula is C11H13N3O. The molecule has 4 heteroatoms. The Labute approximate surface area is 88.6 Å². The third kappa shape index (κ3) is 3.24. The Morgan fingerprint density at radius 3 is 2.47 bits per heavy atom. The van der Waals surface area contributed by atoms with Gasteiger partial charge in [-0.2, -0.15) is 0 Å². The van der Waals surface area contributed by atoms with E-state index < -0.39 is 0 Å². The minimum atomic E-state index is -0.225. The Bertz CT molecular complexity index is 409. The van der Waals surface area contributed by atoms with Gasteiger partial charge in [-0.05, 0) is 25.1 Å². The Morgan fingerprint density at radius 2 is 1.93 bits per heavy atom. The van der Waals surface area contributed by atoms with E-state index >= 15 is 0 Å². The maximum absolute atomic E-state index is 11.5. The Morgan fingerprint density at radius 1 is 1.33 bits per heavy atom. The van der Waals surface area contributed by atoms with Crippen LogP contribution in [0.15, 0.2) is 18.2 Å². The molecule has 78 valence electrons. The van der Waals surface area contributed by atoms with Gasteiger partial charge in [-0.3, -0.25) is 4.79 Å². The second-order valence-electron chi connectivity index (χ2n) is 3.00. The van der Waals surface area contributed by atoms with Gasteiger partial charge in [-0.15, -0.1) is 5.92 Å². The minimum Gasteiger partial charge on any atom is -0.399 e. The van der Waals surface area contributed by atoms with E-state index in [1.807, 2.05) is 0 Å². The van der Waals surface area contributed by atoms with Gasteiger partial charge in [0.05, 0.1) is 6.54 Å². The normalized spacial score (nSPS) is 8.87. The molecule has 1 rings (SSSR count). The highest BCUT2D eigenvalue weighted by molar-refractivity contribution is 5.96. The average molecular weight is 203 g/mol. The summed E-state index contributed by atoms with van der Waals surface area (Å²) in [6.07, 6.45) is 0. The molecule has 1 aromatic carbocycles. The van der Waals surface area contributed by atoms with Crippen molar-refractivity contribution in [1.82, 2.24) is 5.32 Å². The van der Waals surface area contributed by atoms with Crippen LogP contribution < -0.4 is 16.8 Å². The molecule has 0 heterocycles. The van der Waals surface area contributed by atoms with E-state index in [4.69, 9.17) is 11.5 Å². The van der Waals surface area contributed by atoms with Gasteiger partial charge in [-0.25, -0.2) is 0 Å². The van der Waals surface area contributed by atoms with Crippen LogP contribution in [0.3, 0.4) is 0 Å². The summed E-state index contributed by atoms with van der Waals surface area (Å²) in [6.45, 7) is 2.04. The van der Waals surface area contributed by atoms with Crippen molar-refractivity contribution in [2.75, 3.05) is 18.0 Å². The topological polar surface area (TPSA) is 81.1 Å². The van der Waals surface area contributed by atoms with Crippen LogP contribution in [-0.4, -0.2) is 12.5 Å². The van der Waals surface area contributed by atoms with E-state index in [1.165, 1.54) is 0 Å². The summed E-state index contributed by atoms with van der Waals surface area (Å²) in [4.78, 5) is 11.5. The van der Waals surface area contributed by atoms with Crippen LogP contribution in [0, 0.1) is 11.8 Å². The van der Waals surface area contributed by atoms with Crippen molar-refractivity contribution in [2.24, 2.45) is 0 Å². The number of carbonyl (C=O) groups is 1. The number of nitrogens with one attached hydrogen (secondary N) is 1. The monoisotopic (exact) mass is 203 g/mol. The van der Waals surface area contributed by atoms with Crippen LogP contribution in [-0.2, 0) is 0 Å². The van der Waals surface area contributed by atoms with Crippen molar-refractivity contribution in [3.05, 3.63) is 23.8 Å². The predicted octanol–water partition coefficient (Wildman–Crippen LogP) is 0.604. The van der Waals surface area contributed by atoms with Gasteiger partial charge in [0.1, 0.15) is 0 Å².